The van der Waals surface area contributed by atoms with Gasteiger partial charge in [-0.1, -0.05) is 0 Å². The van der Waals surface area contributed by atoms with Crippen LogP contribution in [0.15, 0.2) is 24.3 Å². The van der Waals surface area contributed by atoms with Gasteiger partial charge in [0.1, 0.15) is 0 Å². The number of halogens is 4. The average molecular weight is 366 g/mol. The van der Waals surface area contributed by atoms with Crippen molar-refractivity contribution in [3.63, 3.8) is 0 Å². The van der Waals surface area contributed by atoms with Gasteiger partial charge in [0.05, 0.1) is 12.1 Å². The molecule has 1 aromatic carbocycles. The van der Waals surface area contributed by atoms with Gasteiger partial charge < -0.3 is 15.1 Å². The highest BCUT2D eigenvalue weighted by atomic mass is 35.5. The van der Waals surface area contributed by atoms with E-state index >= 15 is 0 Å². The molecule has 9 heteroatoms. The van der Waals surface area contributed by atoms with Crippen LogP contribution < -0.4 is 5.32 Å². The second-order valence-electron chi connectivity index (χ2n) is 5.37. The second-order valence-corrected chi connectivity index (χ2v) is 5.37. The Balaban J connectivity index is 0.00000288. The summed E-state index contributed by atoms with van der Waals surface area (Å²) < 4.78 is 37.5. The largest absolute Gasteiger partial charge is 0.416 e. The maximum Gasteiger partial charge on any atom is 0.416 e. The molecule has 0 aromatic heterocycles. The number of nitrogens with zero attached hydrogens (tertiary/aromatic N) is 2. The molecule has 1 aromatic rings. The van der Waals surface area contributed by atoms with Crippen LogP contribution in [0, 0.1) is 0 Å². The lowest BCUT2D eigenvalue weighted by molar-refractivity contribution is -0.137. The van der Waals surface area contributed by atoms with E-state index in [1.54, 1.807) is 4.90 Å². The van der Waals surface area contributed by atoms with Gasteiger partial charge in [-0.05, 0) is 24.3 Å². The molecule has 0 radical (unpaired) electrons. The van der Waals surface area contributed by atoms with Gasteiger partial charge in [-0.3, -0.25) is 9.59 Å². The number of alkyl halides is 3. The van der Waals surface area contributed by atoms with Gasteiger partial charge in [0.2, 0.25) is 5.91 Å². The summed E-state index contributed by atoms with van der Waals surface area (Å²) in [4.78, 5) is 27.1. The second kappa shape index (κ2) is 8.34. The van der Waals surface area contributed by atoms with E-state index in [9.17, 15) is 22.8 Å². The SMILES string of the molecule is CN(CC(=O)N1CCNCC1)C(=O)c1ccc(C(F)(F)F)cc1.Cl. The van der Waals surface area contributed by atoms with Gasteiger partial charge in [0, 0.05) is 38.8 Å². The first-order valence-electron chi connectivity index (χ1n) is 7.20. The number of amides is 2. The van der Waals surface area contributed by atoms with Crippen LogP contribution in [0.3, 0.4) is 0 Å². The molecule has 0 spiro atoms. The summed E-state index contributed by atoms with van der Waals surface area (Å²) in [5.74, 6) is -0.656. The molecule has 2 rings (SSSR count). The van der Waals surface area contributed by atoms with Gasteiger partial charge in [-0.25, -0.2) is 0 Å². The van der Waals surface area contributed by atoms with Crippen molar-refractivity contribution in [2.75, 3.05) is 39.8 Å². The molecular weight excluding hydrogens is 347 g/mol. The first kappa shape index (κ1) is 20.2. The van der Waals surface area contributed by atoms with Crippen LogP contribution in [-0.2, 0) is 11.0 Å². The number of rotatable bonds is 3. The standard InChI is InChI=1S/C15H18F3N3O2.ClH/c1-20(10-13(22)21-8-6-19-7-9-21)14(23)11-2-4-12(5-3-11)15(16,17)18;/h2-5,19H,6-10H2,1H3;1H. The lowest BCUT2D eigenvalue weighted by atomic mass is 10.1. The molecule has 1 fully saturated rings. The quantitative estimate of drug-likeness (QED) is 0.886. The number of carbonyl (C=O) groups is 2. The fraction of sp³-hybridized carbons (Fsp3) is 0.467. The number of nitrogens with one attached hydrogen (secondary N) is 1. The maximum absolute atomic E-state index is 12.5. The normalized spacial score (nSPS) is 14.8. The molecule has 2 amide bonds. The van der Waals surface area contributed by atoms with Crippen LogP contribution in [0.5, 0.6) is 0 Å². The van der Waals surface area contributed by atoms with Crippen molar-refractivity contribution < 1.29 is 22.8 Å². The molecule has 1 heterocycles. The van der Waals surface area contributed by atoms with E-state index in [0.29, 0.717) is 26.2 Å². The van der Waals surface area contributed by atoms with E-state index in [0.717, 1.165) is 24.3 Å². The monoisotopic (exact) mass is 365 g/mol. The minimum absolute atomic E-state index is 0. The van der Waals surface area contributed by atoms with Crippen LogP contribution in [0.2, 0.25) is 0 Å². The first-order valence-corrected chi connectivity index (χ1v) is 7.20. The number of hydrogen-bond donors (Lipinski definition) is 1. The fourth-order valence-corrected chi connectivity index (χ4v) is 2.31. The Kier molecular flexibility index (Phi) is 7.04. The Bertz CT molecular complexity index is 572. The minimum Gasteiger partial charge on any atom is -0.339 e. The zero-order chi connectivity index (χ0) is 17.0. The van der Waals surface area contributed by atoms with Crippen molar-refractivity contribution in [3.05, 3.63) is 35.4 Å². The molecule has 1 aliphatic rings. The minimum atomic E-state index is -4.44. The van der Waals surface area contributed by atoms with E-state index < -0.39 is 17.6 Å². The van der Waals surface area contributed by atoms with E-state index in [1.807, 2.05) is 0 Å². The van der Waals surface area contributed by atoms with Gasteiger partial charge in [0.15, 0.2) is 0 Å². The summed E-state index contributed by atoms with van der Waals surface area (Å²) in [6.45, 7) is 2.49. The zero-order valence-electron chi connectivity index (χ0n) is 13.1. The predicted molar refractivity (Wildman–Crippen MR) is 85.1 cm³/mol. The predicted octanol–water partition coefficient (Wildman–Crippen LogP) is 1.63. The van der Waals surface area contributed by atoms with Crippen molar-refractivity contribution in [1.29, 1.82) is 0 Å². The molecule has 0 bridgehead atoms. The maximum atomic E-state index is 12.5. The van der Waals surface area contributed by atoms with Gasteiger partial charge in [-0.2, -0.15) is 13.2 Å². The summed E-state index contributed by atoms with van der Waals surface area (Å²) in [6.07, 6.45) is -4.44. The molecular formula is C15H19ClF3N3O2. The average Bonchev–Trinajstić information content (AvgIpc) is 2.54. The molecule has 0 aliphatic carbocycles. The van der Waals surface area contributed by atoms with E-state index in [2.05, 4.69) is 5.32 Å². The number of likely N-dealkylation sites (N-methyl/N-ethyl adjacent to an activating group) is 1. The molecule has 5 nitrogen and oxygen atoms in total. The van der Waals surface area contributed by atoms with Crippen molar-refractivity contribution in [2.24, 2.45) is 0 Å². The van der Waals surface area contributed by atoms with Gasteiger partial charge >= 0.3 is 6.18 Å². The molecule has 0 atom stereocenters. The highest BCUT2D eigenvalue weighted by Crippen LogP contribution is 2.29. The van der Waals surface area contributed by atoms with Gasteiger partial charge in [0.25, 0.3) is 5.91 Å². The smallest absolute Gasteiger partial charge is 0.339 e. The highest BCUT2D eigenvalue weighted by molar-refractivity contribution is 5.96. The Labute approximate surface area is 144 Å². The lowest BCUT2D eigenvalue weighted by Crippen LogP contribution is -2.49. The van der Waals surface area contributed by atoms with Gasteiger partial charge in [-0.15, -0.1) is 12.4 Å². The van der Waals surface area contributed by atoms with Crippen LogP contribution in [0.1, 0.15) is 15.9 Å². The number of benzene rings is 1. The molecule has 1 saturated heterocycles. The Hall–Kier alpha value is -1.80. The third-order valence-corrected chi connectivity index (χ3v) is 3.65. The summed E-state index contributed by atoms with van der Waals surface area (Å²) in [7, 11) is 1.46. The Morgan fingerprint density at radius 3 is 2.21 bits per heavy atom. The third kappa shape index (κ3) is 5.10. The van der Waals surface area contributed by atoms with Crippen molar-refractivity contribution >= 4 is 24.2 Å². The molecule has 1 aliphatic heterocycles. The Morgan fingerprint density at radius 2 is 1.71 bits per heavy atom. The van der Waals surface area contributed by atoms with E-state index in [-0.39, 0.29) is 30.4 Å². The van der Waals surface area contributed by atoms with E-state index in [4.69, 9.17) is 0 Å². The summed E-state index contributed by atoms with van der Waals surface area (Å²) in [6, 6.07) is 3.96. The van der Waals surface area contributed by atoms with Crippen molar-refractivity contribution in [1.82, 2.24) is 15.1 Å². The molecule has 0 saturated carbocycles. The van der Waals surface area contributed by atoms with Crippen LogP contribution >= 0.6 is 12.4 Å². The number of hydrogen-bond acceptors (Lipinski definition) is 3. The number of carbonyl (C=O) groups excluding carboxylic acids is 2. The molecule has 134 valence electrons. The summed E-state index contributed by atoms with van der Waals surface area (Å²) in [5, 5.41) is 3.12. The topological polar surface area (TPSA) is 52.7 Å². The first-order chi connectivity index (χ1) is 10.8. The molecule has 1 N–H and O–H groups in total. The van der Waals surface area contributed by atoms with Crippen LogP contribution in [-0.4, -0.2) is 61.4 Å². The van der Waals surface area contributed by atoms with Crippen LogP contribution in [0.25, 0.3) is 0 Å². The third-order valence-electron chi connectivity index (χ3n) is 3.65. The van der Waals surface area contributed by atoms with E-state index in [1.165, 1.54) is 11.9 Å². The highest BCUT2D eigenvalue weighted by Gasteiger charge is 2.30. The summed E-state index contributed by atoms with van der Waals surface area (Å²) in [5.41, 5.74) is -0.692. The fourth-order valence-electron chi connectivity index (χ4n) is 2.31. The molecule has 24 heavy (non-hydrogen) atoms. The molecule has 0 unspecified atom stereocenters. The zero-order valence-corrected chi connectivity index (χ0v) is 13.9. The van der Waals surface area contributed by atoms with Crippen molar-refractivity contribution in [2.45, 2.75) is 6.18 Å². The van der Waals surface area contributed by atoms with Crippen molar-refractivity contribution in [3.8, 4) is 0 Å². The summed E-state index contributed by atoms with van der Waals surface area (Å²) >= 11 is 0. The number of piperazine rings is 1. The lowest BCUT2D eigenvalue weighted by Gasteiger charge is -2.29. The van der Waals surface area contributed by atoms with Crippen LogP contribution in [0.4, 0.5) is 13.2 Å². The Morgan fingerprint density at radius 1 is 1.17 bits per heavy atom.